The van der Waals surface area contributed by atoms with Gasteiger partial charge >= 0.3 is 0 Å². The highest BCUT2D eigenvalue weighted by atomic mass is 16.5. The first-order chi connectivity index (χ1) is 17.1. The molecule has 4 aliphatic rings. The van der Waals surface area contributed by atoms with Gasteiger partial charge in [0.05, 0.1) is 25.2 Å². The Morgan fingerprint density at radius 1 is 0.914 bits per heavy atom. The molecular formula is C29H22N2O4. The number of nitrogens with zero attached hydrogens (tertiary/aromatic N) is 2. The second-order valence-electron chi connectivity index (χ2n) is 8.89. The lowest BCUT2D eigenvalue weighted by Crippen LogP contribution is -2.41. The van der Waals surface area contributed by atoms with Gasteiger partial charge in [0.1, 0.15) is 18.1 Å². The van der Waals surface area contributed by atoms with Crippen LogP contribution in [0.5, 0.6) is 11.5 Å². The van der Waals surface area contributed by atoms with Crippen LogP contribution in [-0.4, -0.2) is 36.8 Å². The molecule has 3 aliphatic carbocycles. The molecule has 3 aromatic carbocycles. The average Bonchev–Trinajstić information content (AvgIpc) is 3.16. The molecular weight excluding hydrogens is 440 g/mol. The molecule has 0 aromatic heterocycles. The Bertz CT molecular complexity index is 1320. The predicted octanol–water partition coefficient (Wildman–Crippen LogP) is 3.93. The summed E-state index contributed by atoms with van der Waals surface area (Å²) in [5.41, 5.74) is 5.07. The summed E-state index contributed by atoms with van der Waals surface area (Å²) in [6.45, 7) is 0.0821. The van der Waals surface area contributed by atoms with E-state index in [0.29, 0.717) is 17.1 Å². The molecule has 172 valence electrons. The number of hydrogen-bond acceptors (Lipinski definition) is 5. The quantitative estimate of drug-likeness (QED) is 0.327. The van der Waals surface area contributed by atoms with Gasteiger partial charge in [-0.2, -0.15) is 10.1 Å². The summed E-state index contributed by atoms with van der Waals surface area (Å²) in [4.78, 5) is 27.3. The van der Waals surface area contributed by atoms with E-state index < -0.39 is 11.8 Å². The van der Waals surface area contributed by atoms with Gasteiger partial charge in [0.25, 0.3) is 11.8 Å². The highest BCUT2D eigenvalue weighted by Gasteiger charge is 2.61. The monoisotopic (exact) mass is 462 g/mol. The average molecular weight is 463 g/mol. The number of amides is 2. The van der Waals surface area contributed by atoms with Crippen LogP contribution in [0.15, 0.2) is 71.8 Å². The number of methoxy groups -OCH3 is 1. The maximum absolute atomic E-state index is 13.7. The molecule has 1 fully saturated rings. The number of terminal acetylenes is 1. The molecule has 2 atom stereocenters. The van der Waals surface area contributed by atoms with Crippen molar-refractivity contribution in [1.82, 2.24) is 5.01 Å². The number of rotatable bonds is 5. The van der Waals surface area contributed by atoms with Crippen molar-refractivity contribution < 1.29 is 19.1 Å². The first kappa shape index (κ1) is 21.2. The summed E-state index contributed by atoms with van der Waals surface area (Å²) in [6.07, 6.45) is 6.79. The Balaban J connectivity index is 1.40. The van der Waals surface area contributed by atoms with Crippen LogP contribution < -0.4 is 9.47 Å². The van der Waals surface area contributed by atoms with Crippen LogP contribution in [0.3, 0.4) is 0 Å². The van der Waals surface area contributed by atoms with Crippen molar-refractivity contribution in [2.45, 2.75) is 11.8 Å². The molecule has 1 aliphatic heterocycles. The zero-order chi connectivity index (χ0) is 24.1. The van der Waals surface area contributed by atoms with Gasteiger partial charge in [-0.3, -0.25) is 9.59 Å². The van der Waals surface area contributed by atoms with Gasteiger partial charge in [0, 0.05) is 17.4 Å². The topological polar surface area (TPSA) is 68.2 Å². The molecule has 3 aromatic rings. The van der Waals surface area contributed by atoms with E-state index in [-0.39, 0.29) is 30.3 Å². The Hall–Kier alpha value is -4.37. The Morgan fingerprint density at radius 2 is 1.46 bits per heavy atom. The third kappa shape index (κ3) is 3.08. The highest BCUT2D eigenvalue weighted by Crippen LogP contribution is 2.60. The van der Waals surface area contributed by atoms with Crippen LogP contribution in [0, 0.1) is 24.2 Å². The molecule has 7 rings (SSSR count). The first-order valence-corrected chi connectivity index (χ1v) is 11.5. The zero-order valence-electron chi connectivity index (χ0n) is 19.0. The zero-order valence-corrected chi connectivity index (χ0v) is 19.0. The highest BCUT2D eigenvalue weighted by molar-refractivity contribution is 6.08. The number of hydrogen-bond donors (Lipinski definition) is 0. The minimum Gasteiger partial charge on any atom is -0.497 e. The summed E-state index contributed by atoms with van der Waals surface area (Å²) < 4.78 is 10.9. The molecule has 0 radical (unpaired) electrons. The van der Waals surface area contributed by atoms with Crippen molar-refractivity contribution in [3.8, 4) is 23.8 Å². The summed E-state index contributed by atoms with van der Waals surface area (Å²) in [6, 6.07) is 21.5. The smallest absolute Gasteiger partial charge is 0.254 e. The molecule has 6 heteroatoms. The summed E-state index contributed by atoms with van der Waals surface area (Å²) in [5, 5.41) is 5.41. The largest absolute Gasteiger partial charge is 0.497 e. The number of carbonyl (C=O) groups excluding carboxylic acids is 2. The number of ether oxygens (including phenoxy) is 2. The van der Waals surface area contributed by atoms with Crippen molar-refractivity contribution in [3.63, 3.8) is 0 Å². The van der Waals surface area contributed by atoms with Crippen LogP contribution in [-0.2, 0) is 9.59 Å². The van der Waals surface area contributed by atoms with Crippen LogP contribution >= 0.6 is 0 Å². The fourth-order valence-electron chi connectivity index (χ4n) is 5.90. The van der Waals surface area contributed by atoms with Crippen LogP contribution in [0.2, 0.25) is 0 Å². The fourth-order valence-corrected chi connectivity index (χ4v) is 5.90. The lowest BCUT2D eigenvalue weighted by Gasteiger charge is -2.45. The summed E-state index contributed by atoms with van der Waals surface area (Å²) in [7, 11) is 1.56. The third-order valence-corrected chi connectivity index (χ3v) is 7.27. The molecule has 0 saturated carbocycles. The fraction of sp³-hybridized carbons (Fsp3) is 0.207. The van der Waals surface area contributed by atoms with Crippen molar-refractivity contribution in [2.75, 3.05) is 13.7 Å². The molecule has 0 spiro atoms. The molecule has 0 N–H and O–H groups in total. The normalized spacial score (nSPS) is 23.6. The van der Waals surface area contributed by atoms with Crippen molar-refractivity contribution >= 4 is 18.0 Å². The lowest BCUT2D eigenvalue weighted by atomic mass is 9.55. The van der Waals surface area contributed by atoms with Gasteiger partial charge in [-0.25, -0.2) is 0 Å². The molecule has 35 heavy (non-hydrogen) atoms. The van der Waals surface area contributed by atoms with E-state index in [1.54, 1.807) is 25.3 Å². The number of benzene rings is 3. The van der Waals surface area contributed by atoms with Crippen LogP contribution in [0.25, 0.3) is 0 Å². The van der Waals surface area contributed by atoms with Gasteiger partial charge in [-0.1, -0.05) is 54.5 Å². The van der Waals surface area contributed by atoms with E-state index in [0.717, 1.165) is 27.3 Å². The van der Waals surface area contributed by atoms with E-state index in [9.17, 15) is 9.59 Å². The number of imide groups is 1. The second-order valence-corrected chi connectivity index (χ2v) is 8.89. The van der Waals surface area contributed by atoms with Crippen LogP contribution in [0.1, 0.15) is 39.7 Å². The number of carbonyl (C=O) groups is 2. The van der Waals surface area contributed by atoms with Crippen LogP contribution in [0.4, 0.5) is 0 Å². The number of hydrazone groups is 1. The molecule has 0 unspecified atom stereocenters. The van der Waals surface area contributed by atoms with E-state index in [1.807, 2.05) is 24.3 Å². The van der Waals surface area contributed by atoms with Gasteiger partial charge in [-0.15, -0.1) is 6.42 Å². The minimum absolute atomic E-state index is 0.0821. The Morgan fingerprint density at radius 3 is 1.94 bits per heavy atom. The van der Waals surface area contributed by atoms with Crippen molar-refractivity contribution in [1.29, 1.82) is 0 Å². The molecule has 2 bridgehead atoms. The third-order valence-electron chi connectivity index (χ3n) is 7.27. The maximum Gasteiger partial charge on any atom is 0.254 e. The summed E-state index contributed by atoms with van der Waals surface area (Å²) >= 11 is 0. The van der Waals surface area contributed by atoms with Crippen molar-refractivity contribution in [2.24, 2.45) is 16.9 Å². The lowest BCUT2D eigenvalue weighted by molar-refractivity contribution is -0.139. The summed E-state index contributed by atoms with van der Waals surface area (Å²) in [5.74, 6) is 1.69. The first-order valence-electron chi connectivity index (χ1n) is 11.5. The van der Waals surface area contributed by atoms with Gasteiger partial charge in [-0.05, 0) is 40.5 Å². The Kier molecular flexibility index (Phi) is 4.93. The van der Waals surface area contributed by atoms with E-state index in [1.165, 1.54) is 6.21 Å². The van der Waals surface area contributed by atoms with Gasteiger partial charge in [0.2, 0.25) is 0 Å². The minimum atomic E-state index is -0.475. The van der Waals surface area contributed by atoms with E-state index >= 15 is 0 Å². The Labute approximate surface area is 203 Å². The molecule has 6 nitrogen and oxygen atoms in total. The maximum atomic E-state index is 13.7. The van der Waals surface area contributed by atoms with Gasteiger partial charge in [0.15, 0.2) is 0 Å². The second kappa shape index (κ2) is 8.14. The standard InChI is InChI=1S/C29H22N2O4/c1-3-14-35-23-13-12-18(34-2)15-17(23)16-30-31-28(32)26-24-19-8-4-5-9-20(19)25(27(26)29(31)33)22-11-7-6-10-21(22)24/h1,4-13,15-16,24-27H,14H2,2H3/b30-16-/t24?,25?,26-,27-/m1/s1. The molecule has 1 heterocycles. The SMILES string of the molecule is C#CCOc1ccc(OC)cc1/C=N\N1C(=O)[C@@H]2C3c4ccccc4C(c4ccccc43)[C@H]2C1=O. The van der Waals surface area contributed by atoms with E-state index in [2.05, 4.69) is 35.3 Å². The molecule has 2 amide bonds. The predicted molar refractivity (Wildman–Crippen MR) is 130 cm³/mol. The van der Waals surface area contributed by atoms with Gasteiger partial charge < -0.3 is 9.47 Å². The van der Waals surface area contributed by atoms with Crippen molar-refractivity contribution in [3.05, 3.63) is 94.5 Å². The van der Waals surface area contributed by atoms with E-state index in [4.69, 9.17) is 15.9 Å². The molecule has 1 saturated heterocycles.